The number of carbonyl (C=O) groups is 1. The number of nitrogens with zero attached hydrogens (tertiary/aromatic N) is 2. The lowest BCUT2D eigenvalue weighted by Gasteiger charge is -2.21. The maximum absolute atomic E-state index is 13.2. The van der Waals surface area contributed by atoms with Gasteiger partial charge in [-0.25, -0.2) is 13.1 Å². The first kappa shape index (κ1) is 26.0. The maximum atomic E-state index is 13.2. The van der Waals surface area contributed by atoms with Gasteiger partial charge in [-0.3, -0.25) is 19.9 Å². The molecule has 35 heavy (non-hydrogen) atoms. The third kappa shape index (κ3) is 5.92. The number of aromatic nitrogens is 1. The van der Waals surface area contributed by atoms with E-state index in [1.54, 1.807) is 12.1 Å². The van der Waals surface area contributed by atoms with E-state index in [1.165, 1.54) is 18.2 Å². The summed E-state index contributed by atoms with van der Waals surface area (Å²) < 4.78 is 27.8. The predicted molar refractivity (Wildman–Crippen MR) is 134 cm³/mol. The topological polar surface area (TPSA) is 119 Å². The minimum Gasteiger partial charge on any atom is -0.268 e. The fourth-order valence-electron chi connectivity index (χ4n) is 3.92. The molecule has 3 rings (SSSR count). The molecule has 0 radical (unpaired) electrons. The van der Waals surface area contributed by atoms with Crippen molar-refractivity contribution in [2.24, 2.45) is 0 Å². The summed E-state index contributed by atoms with van der Waals surface area (Å²) in [5, 5.41) is 11.0. The summed E-state index contributed by atoms with van der Waals surface area (Å²) in [6, 6.07) is 12.0. The smallest absolute Gasteiger partial charge is 0.268 e. The highest BCUT2D eigenvalue weighted by molar-refractivity contribution is 7.90. The van der Waals surface area contributed by atoms with Crippen molar-refractivity contribution < 1.29 is 18.1 Å². The van der Waals surface area contributed by atoms with E-state index in [-0.39, 0.29) is 21.6 Å². The van der Waals surface area contributed by atoms with E-state index in [2.05, 4.69) is 12.1 Å². The Morgan fingerprint density at radius 1 is 1.03 bits per heavy atom. The molecule has 3 aromatic rings. The lowest BCUT2D eigenvalue weighted by molar-refractivity contribution is -0.385. The first-order valence-electron chi connectivity index (χ1n) is 11.1. The van der Waals surface area contributed by atoms with Gasteiger partial charge in [0.1, 0.15) is 0 Å². The van der Waals surface area contributed by atoms with Gasteiger partial charge in [0.05, 0.1) is 21.1 Å². The Labute approximate surface area is 205 Å². The summed E-state index contributed by atoms with van der Waals surface area (Å²) in [6.45, 7) is 12.0. The van der Waals surface area contributed by atoms with E-state index < -0.39 is 20.9 Å². The lowest BCUT2D eigenvalue weighted by Crippen LogP contribution is -2.32. The summed E-state index contributed by atoms with van der Waals surface area (Å²) in [5.41, 5.74) is 4.95. The standard InChI is InChI=1S/C26H29N3O5S/c1-16-12-17(2)22(18(3)13-16)15-23-21(10-11-24(27-23)26(4,5)6)25(30)28-35(33,34)20-9-7-8-19(14-20)29(31)32/h7-14H,15H2,1-6H3,(H,28,30). The fourth-order valence-corrected chi connectivity index (χ4v) is 4.92. The quantitative estimate of drug-likeness (QED) is 0.383. The normalized spacial score (nSPS) is 11.8. The highest BCUT2D eigenvalue weighted by atomic mass is 32.2. The molecule has 1 heterocycles. The molecule has 0 saturated heterocycles. The number of benzene rings is 2. The Kier molecular flexibility index (Phi) is 7.12. The van der Waals surface area contributed by atoms with Gasteiger partial charge in [-0.15, -0.1) is 0 Å². The first-order chi connectivity index (χ1) is 16.2. The van der Waals surface area contributed by atoms with Gasteiger partial charge in [0, 0.05) is 29.7 Å². The number of rotatable bonds is 6. The molecular formula is C26H29N3O5S. The van der Waals surface area contributed by atoms with E-state index in [1.807, 2.05) is 46.3 Å². The van der Waals surface area contributed by atoms with Gasteiger partial charge in [0.2, 0.25) is 0 Å². The second-order valence-corrected chi connectivity index (χ2v) is 11.4. The zero-order chi connectivity index (χ0) is 26.1. The largest absolute Gasteiger partial charge is 0.270 e. The van der Waals surface area contributed by atoms with Crippen LogP contribution in [0.1, 0.15) is 64.8 Å². The number of sulfonamides is 1. The molecule has 0 unspecified atom stereocenters. The van der Waals surface area contributed by atoms with E-state index in [9.17, 15) is 23.3 Å². The average molecular weight is 496 g/mol. The van der Waals surface area contributed by atoms with Gasteiger partial charge >= 0.3 is 0 Å². The Morgan fingerprint density at radius 2 is 1.66 bits per heavy atom. The van der Waals surface area contributed by atoms with Crippen LogP contribution in [0.15, 0.2) is 53.4 Å². The van der Waals surface area contributed by atoms with Crippen molar-refractivity contribution in [3.05, 3.63) is 97.9 Å². The summed E-state index contributed by atoms with van der Waals surface area (Å²) in [4.78, 5) is 27.9. The van der Waals surface area contributed by atoms with E-state index in [0.29, 0.717) is 12.1 Å². The highest BCUT2D eigenvalue weighted by Gasteiger charge is 2.25. The van der Waals surface area contributed by atoms with Crippen LogP contribution in [0.2, 0.25) is 0 Å². The van der Waals surface area contributed by atoms with Gasteiger partial charge in [-0.1, -0.05) is 44.5 Å². The lowest BCUT2D eigenvalue weighted by atomic mass is 9.89. The third-order valence-electron chi connectivity index (χ3n) is 5.74. The van der Waals surface area contributed by atoms with Crippen molar-refractivity contribution >= 4 is 21.6 Å². The summed E-state index contributed by atoms with van der Waals surface area (Å²) >= 11 is 0. The number of non-ortho nitro benzene ring substituents is 1. The Balaban J connectivity index is 2.04. The number of nitrogens with one attached hydrogen (secondary N) is 1. The van der Waals surface area contributed by atoms with Crippen molar-refractivity contribution in [3.8, 4) is 0 Å². The maximum Gasteiger partial charge on any atom is 0.270 e. The number of hydrogen-bond acceptors (Lipinski definition) is 6. The average Bonchev–Trinajstić information content (AvgIpc) is 2.75. The highest BCUT2D eigenvalue weighted by Crippen LogP contribution is 2.26. The van der Waals surface area contributed by atoms with Crippen molar-refractivity contribution in [1.29, 1.82) is 0 Å². The van der Waals surface area contributed by atoms with Gasteiger partial charge in [-0.05, 0) is 55.7 Å². The van der Waals surface area contributed by atoms with Crippen molar-refractivity contribution in [2.75, 3.05) is 0 Å². The molecule has 0 aliphatic heterocycles. The number of hydrogen-bond donors (Lipinski definition) is 1. The fraction of sp³-hybridized carbons (Fsp3) is 0.308. The molecule has 8 nitrogen and oxygen atoms in total. The van der Waals surface area contributed by atoms with Crippen LogP contribution in [0.25, 0.3) is 0 Å². The molecule has 184 valence electrons. The van der Waals surface area contributed by atoms with Gasteiger partial charge in [0.25, 0.3) is 21.6 Å². The molecular weight excluding hydrogens is 466 g/mol. The monoisotopic (exact) mass is 495 g/mol. The number of aryl methyl sites for hydroxylation is 3. The molecule has 9 heteroatoms. The van der Waals surface area contributed by atoms with Crippen molar-refractivity contribution in [3.63, 3.8) is 0 Å². The molecule has 0 aliphatic rings. The van der Waals surface area contributed by atoms with Crippen LogP contribution in [0.4, 0.5) is 5.69 Å². The van der Waals surface area contributed by atoms with Crippen LogP contribution >= 0.6 is 0 Å². The van der Waals surface area contributed by atoms with Gasteiger partial charge < -0.3 is 0 Å². The zero-order valence-electron chi connectivity index (χ0n) is 20.7. The number of pyridine rings is 1. The van der Waals surface area contributed by atoms with Gasteiger partial charge in [-0.2, -0.15) is 0 Å². The predicted octanol–water partition coefficient (Wildman–Crippen LogP) is 4.92. The second-order valence-electron chi connectivity index (χ2n) is 9.68. The van der Waals surface area contributed by atoms with E-state index in [0.717, 1.165) is 34.0 Å². The number of carbonyl (C=O) groups excluding carboxylic acids is 1. The molecule has 0 atom stereocenters. The summed E-state index contributed by atoms with van der Waals surface area (Å²) in [7, 11) is -4.35. The molecule has 1 aromatic heterocycles. The van der Waals surface area contributed by atoms with Crippen LogP contribution in [0.5, 0.6) is 0 Å². The van der Waals surface area contributed by atoms with Crippen LogP contribution < -0.4 is 4.72 Å². The zero-order valence-corrected chi connectivity index (χ0v) is 21.5. The molecule has 0 spiro atoms. The minimum absolute atomic E-state index is 0.131. The van der Waals surface area contributed by atoms with Crippen molar-refractivity contribution in [2.45, 2.75) is 58.3 Å². The molecule has 1 N–H and O–H groups in total. The third-order valence-corrected chi connectivity index (χ3v) is 7.07. The molecule has 0 saturated carbocycles. The van der Waals surface area contributed by atoms with Crippen molar-refractivity contribution in [1.82, 2.24) is 9.71 Å². The molecule has 0 fully saturated rings. The Morgan fingerprint density at radius 3 is 2.23 bits per heavy atom. The molecule has 0 aliphatic carbocycles. The first-order valence-corrected chi connectivity index (χ1v) is 12.6. The molecule has 0 bridgehead atoms. The summed E-state index contributed by atoms with van der Waals surface area (Å²) in [5.74, 6) is -0.845. The second kappa shape index (κ2) is 9.58. The number of nitro benzene ring substituents is 1. The molecule has 2 aromatic carbocycles. The SMILES string of the molecule is Cc1cc(C)c(Cc2nc(C(C)(C)C)ccc2C(=O)NS(=O)(=O)c2cccc([N+](=O)[O-])c2)c(C)c1. The van der Waals surface area contributed by atoms with Gasteiger partial charge in [0.15, 0.2) is 0 Å². The summed E-state index contributed by atoms with van der Waals surface area (Å²) in [6.07, 6.45) is 0.349. The Hall–Kier alpha value is -3.59. The number of nitro groups is 1. The minimum atomic E-state index is -4.35. The van der Waals surface area contributed by atoms with E-state index in [4.69, 9.17) is 4.98 Å². The van der Waals surface area contributed by atoms with Crippen LogP contribution in [-0.4, -0.2) is 24.2 Å². The van der Waals surface area contributed by atoms with Crippen LogP contribution in [0.3, 0.4) is 0 Å². The van der Waals surface area contributed by atoms with Crippen LogP contribution in [-0.2, 0) is 21.9 Å². The Bertz CT molecular complexity index is 1400. The molecule has 1 amide bonds. The van der Waals surface area contributed by atoms with Crippen LogP contribution in [0, 0.1) is 30.9 Å². The van der Waals surface area contributed by atoms with E-state index >= 15 is 0 Å². The number of amides is 1.